The topological polar surface area (TPSA) is 63.9 Å². The van der Waals surface area contributed by atoms with Crippen LogP contribution in [0.25, 0.3) is 0 Å². The predicted octanol–water partition coefficient (Wildman–Crippen LogP) is 1.89. The van der Waals surface area contributed by atoms with Crippen LogP contribution < -0.4 is 0 Å². The van der Waals surface area contributed by atoms with Gasteiger partial charge in [-0.25, -0.2) is 0 Å². The zero-order valence-electron chi connectivity index (χ0n) is 13.9. The van der Waals surface area contributed by atoms with Crippen LogP contribution in [0.5, 0.6) is 0 Å². The molecule has 23 heavy (non-hydrogen) atoms. The van der Waals surface area contributed by atoms with Crippen LogP contribution in [-0.4, -0.2) is 43.6 Å². The average molecular weight is 313 g/mol. The Balaban J connectivity index is 1.66. The molecule has 1 fully saturated rings. The van der Waals surface area contributed by atoms with E-state index in [2.05, 4.69) is 21.3 Å². The lowest BCUT2D eigenvalue weighted by Crippen LogP contribution is -2.47. The largest absolute Gasteiger partial charge is 0.342 e. The van der Waals surface area contributed by atoms with Gasteiger partial charge in [0.2, 0.25) is 5.91 Å². The zero-order chi connectivity index (χ0) is 16.4. The number of aryl methyl sites for hydroxylation is 1. The first-order valence-electron chi connectivity index (χ1n) is 8.03. The smallest absolute Gasteiger partial charge is 0.234 e. The van der Waals surface area contributed by atoms with Crippen LogP contribution in [0.15, 0.2) is 31.0 Å². The number of likely N-dealkylation sites (tertiary alicyclic amines) is 1. The molecule has 0 spiro atoms. The quantitative estimate of drug-likeness (QED) is 0.868. The minimum atomic E-state index is -0.643. The summed E-state index contributed by atoms with van der Waals surface area (Å²) in [5, 5.41) is 4.25. The third-order valence-electron chi connectivity index (χ3n) is 4.72. The highest BCUT2D eigenvalue weighted by Gasteiger charge is 2.37. The van der Waals surface area contributed by atoms with Crippen molar-refractivity contribution in [3.8, 4) is 0 Å². The van der Waals surface area contributed by atoms with Gasteiger partial charge in [-0.2, -0.15) is 5.10 Å². The van der Waals surface area contributed by atoms with Crippen molar-refractivity contribution in [2.45, 2.75) is 38.0 Å². The van der Waals surface area contributed by atoms with E-state index in [9.17, 15) is 4.79 Å². The molecule has 0 unspecified atom stereocenters. The summed E-state index contributed by atoms with van der Waals surface area (Å²) in [5.41, 5.74) is 1.35. The molecular formula is C17H23N5O. The van der Waals surface area contributed by atoms with Crippen molar-refractivity contribution < 1.29 is 4.79 Å². The van der Waals surface area contributed by atoms with E-state index in [1.54, 1.807) is 18.6 Å². The Morgan fingerprint density at radius 2 is 1.96 bits per heavy atom. The second-order valence-corrected chi connectivity index (χ2v) is 6.73. The lowest BCUT2D eigenvalue weighted by atomic mass is 9.85. The van der Waals surface area contributed by atoms with Gasteiger partial charge in [0.05, 0.1) is 17.3 Å². The Hall–Kier alpha value is -2.24. The van der Waals surface area contributed by atoms with Crippen LogP contribution in [0.3, 0.4) is 0 Å². The molecule has 0 N–H and O–H groups in total. The van der Waals surface area contributed by atoms with Crippen molar-refractivity contribution in [2.24, 2.45) is 7.05 Å². The van der Waals surface area contributed by atoms with E-state index >= 15 is 0 Å². The minimum absolute atomic E-state index is 0.127. The van der Waals surface area contributed by atoms with E-state index in [0.29, 0.717) is 5.92 Å². The summed E-state index contributed by atoms with van der Waals surface area (Å²) >= 11 is 0. The van der Waals surface area contributed by atoms with Gasteiger partial charge in [-0.05, 0) is 38.2 Å². The van der Waals surface area contributed by atoms with Gasteiger partial charge in [0.1, 0.15) is 0 Å². The molecule has 0 aliphatic carbocycles. The van der Waals surface area contributed by atoms with Crippen LogP contribution >= 0.6 is 0 Å². The van der Waals surface area contributed by atoms with Gasteiger partial charge in [0, 0.05) is 44.9 Å². The number of hydrogen-bond acceptors (Lipinski definition) is 4. The molecular weight excluding hydrogens is 290 g/mol. The molecule has 2 aromatic heterocycles. The van der Waals surface area contributed by atoms with Crippen LogP contribution in [0.4, 0.5) is 0 Å². The molecule has 0 aromatic carbocycles. The summed E-state index contributed by atoms with van der Waals surface area (Å²) in [6.07, 6.45) is 10.9. The summed E-state index contributed by atoms with van der Waals surface area (Å²) in [6.45, 7) is 5.41. The third-order valence-corrected chi connectivity index (χ3v) is 4.72. The summed E-state index contributed by atoms with van der Waals surface area (Å²) in [7, 11) is 1.94. The van der Waals surface area contributed by atoms with Crippen LogP contribution in [0.1, 0.15) is 43.9 Å². The summed E-state index contributed by atoms with van der Waals surface area (Å²) in [5.74, 6) is 0.620. The van der Waals surface area contributed by atoms with Crippen LogP contribution in [-0.2, 0) is 17.3 Å². The fourth-order valence-electron chi connectivity index (χ4n) is 3.19. The number of aromatic nitrogens is 4. The SMILES string of the molecule is Cn1cc(C2CCN(C(=O)C(C)(C)c3cnccn3)CC2)cn1. The monoisotopic (exact) mass is 313 g/mol. The van der Waals surface area contributed by atoms with E-state index in [1.807, 2.05) is 36.7 Å². The van der Waals surface area contributed by atoms with Crippen molar-refractivity contribution >= 4 is 5.91 Å². The first-order chi connectivity index (χ1) is 11.0. The summed E-state index contributed by atoms with van der Waals surface area (Å²) < 4.78 is 1.84. The lowest BCUT2D eigenvalue weighted by molar-refractivity contribution is -0.137. The first kappa shape index (κ1) is 15.6. The maximum atomic E-state index is 12.9. The normalized spacial score (nSPS) is 16.6. The Morgan fingerprint density at radius 3 is 2.52 bits per heavy atom. The Morgan fingerprint density at radius 1 is 1.22 bits per heavy atom. The second kappa shape index (κ2) is 6.10. The Labute approximate surface area is 136 Å². The third kappa shape index (κ3) is 3.11. The van der Waals surface area contributed by atoms with Gasteiger partial charge in [0.25, 0.3) is 0 Å². The van der Waals surface area contributed by atoms with E-state index < -0.39 is 5.41 Å². The number of carbonyl (C=O) groups is 1. The second-order valence-electron chi connectivity index (χ2n) is 6.73. The maximum Gasteiger partial charge on any atom is 0.234 e. The molecule has 1 saturated heterocycles. The molecule has 1 aliphatic heterocycles. The van der Waals surface area contributed by atoms with Gasteiger partial charge >= 0.3 is 0 Å². The fourth-order valence-corrected chi connectivity index (χ4v) is 3.19. The van der Waals surface area contributed by atoms with Crippen molar-refractivity contribution in [1.82, 2.24) is 24.6 Å². The molecule has 0 bridgehead atoms. The summed E-state index contributed by atoms with van der Waals surface area (Å²) in [6, 6.07) is 0. The highest BCUT2D eigenvalue weighted by Crippen LogP contribution is 2.30. The standard InChI is InChI=1S/C17H23N5O/c1-17(2,15-11-18-6-7-19-15)16(23)22-8-4-13(5-9-22)14-10-20-21(3)12-14/h6-7,10-13H,4-5,8-9H2,1-3H3. The van der Waals surface area contributed by atoms with Gasteiger partial charge in [-0.3, -0.25) is 19.4 Å². The van der Waals surface area contributed by atoms with Crippen molar-refractivity contribution in [1.29, 1.82) is 0 Å². The molecule has 0 atom stereocenters. The highest BCUT2D eigenvalue weighted by molar-refractivity contribution is 5.86. The molecule has 0 radical (unpaired) electrons. The van der Waals surface area contributed by atoms with E-state index in [0.717, 1.165) is 31.6 Å². The summed E-state index contributed by atoms with van der Waals surface area (Å²) in [4.78, 5) is 23.3. The first-order valence-corrected chi connectivity index (χ1v) is 8.03. The predicted molar refractivity (Wildman–Crippen MR) is 86.8 cm³/mol. The molecule has 6 heteroatoms. The van der Waals surface area contributed by atoms with Gasteiger partial charge in [-0.1, -0.05) is 0 Å². The lowest BCUT2D eigenvalue weighted by Gasteiger charge is -2.36. The molecule has 2 aromatic rings. The van der Waals surface area contributed by atoms with Crippen molar-refractivity contribution in [2.75, 3.05) is 13.1 Å². The van der Waals surface area contributed by atoms with E-state index in [1.165, 1.54) is 5.56 Å². The molecule has 1 aliphatic rings. The molecule has 3 heterocycles. The zero-order valence-corrected chi connectivity index (χ0v) is 13.9. The van der Waals surface area contributed by atoms with Gasteiger partial charge in [-0.15, -0.1) is 0 Å². The molecule has 0 saturated carbocycles. The molecule has 122 valence electrons. The number of carbonyl (C=O) groups excluding carboxylic acids is 1. The number of hydrogen-bond donors (Lipinski definition) is 0. The number of nitrogens with zero attached hydrogens (tertiary/aromatic N) is 5. The average Bonchev–Trinajstić information content (AvgIpc) is 3.01. The fraction of sp³-hybridized carbons (Fsp3) is 0.529. The van der Waals surface area contributed by atoms with Crippen molar-refractivity contribution in [3.63, 3.8) is 0 Å². The van der Waals surface area contributed by atoms with E-state index in [4.69, 9.17) is 0 Å². The number of rotatable bonds is 3. The Kier molecular flexibility index (Phi) is 4.15. The number of amides is 1. The number of piperidine rings is 1. The van der Waals surface area contributed by atoms with E-state index in [-0.39, 0.29) is 5.91 Å². The molecule has 6 nitrogen and oxygen atoms in total. The molecule has 3 rings (SSSR count). The van der Waals surface area contributed by atoms with Crippen molar-refractivity contribution in [3.05, 3.63) is 42.2 Å². The van der Waals surface area contributed by atoms with Crippen LogP contribution in [0, 0.1) is 0 Å². The van der Waals surface area contributed by atoms with Gasteiger partial charge < -0.3 is 4.90 Å². The minimum Gasteiger partial charge on any atom is -0.342 e. The Bertz CT molecular complexity index is 671. The highest BCUT2D eigenvalue weighted by atomic mass is 16.2. The van der Waals surface area contributed by atoms with Crippen LogP contribution in [0.2, 0.25) is 0 Å². The maximum absolute atomic E-state index is 12.9. The van der Waals surface area contributed by atoms with Gasteiger partial charge in [0.15, 0.2) is 0 Å². The molecule has 1 amide bonds.